The van der Waals surface area contributed by atoms with Crippen molar-refractivity contribution in [3.05, 3.63) is 41.5 Å². The Morgan fingerprint density at radius 3 is 2.63 bits per heavy atom. The van der Waals surface area contributed by atoms with Gasteiger partial charge in [-0.15, -0.1) is 11.8 Å². The van der Waals surface area contributed by atoms with Gasteiger partial charge < -0.3 is 5.32 Å². The predicted octanol–water partition coefficient (Wildman–Crippen LogP) is 4.57. The lowest BCUT2D eigenvalue weighted by molar-refractivity contribution is 0.580. The summed E-state index contributed by atoms with van der Waals surface area (Å²) in [6.45, 7) is 5.39. The highest BCUT2D eigenvalue weighted by Gasteiger charge is 2.15. The van der Waals surface area contributed by atoms with Crippen LogP contribution in [0.2, 0.25) is 0 Å². The van der Waals surface area contributed by atoms with E-state index in [-0.39, 0.29) is 0 Å². The van der Waals surface area contributed by atoms with Crippen LogP contribution < -0.4 is 5.32 Å². The highest BCUT2D eigenvalue weighted by Crippen LogP contribution is 2.25. The predicted molar refractivity (Wildman–Crippen MR) is 85.9 cm³/mol. The molecule has 1 nitrogen and oxygen atoms in total. The van der Waals surface area contributed by atoms with E-state index >= 15 is 0 Å². The fraction of sp³-hybridized carbons (Fsp3) is 0.529. The minimum atomic E-state index is 0.552. The summed E-state index contributed by atoms with van der Waals surface area (Å²) in [4.78, 5) is 1.38. The zero-order valence-electron chi connectivity index (χ0n) is 12.1. The quantitative estimate of drug-likeness (QED) is 0.603. The van der Waals surface area contributed by atoms with Crippen molar-refractivity contribution < 1.29 is 0 Å². The Balaban J connectivity index is 1.92. The number of rotatable bonds is 6. The largest absolute Gasteiger partial charge is 0.310 e. The average molecular weight is 275 g/mol. The summed E-state index contributed by atoms with van der Waals surface area (Å²) in [5.41, 5.74) is 2.97. The molecule has 0 saturated heterocycles. The third kappa shape index (κ3) is 4.70. The summed E-state index contributed by atoms with van der Waals surface area (Å²) in [6.07, 6.45) is 7.75. The van der Waals surface area contributed by atoms with E-state index in [2.05, 4.69) is 49.5 Å². The maximum atomic E-state index is 3.64. The first-order valence-electron chi connectivity index (χ1n) is 7.41. The van der Waals surface area contributed by atoms with E-state index < -0.39 is 0 Å². The topological polar surface area (TPSA) is 12.0 Å². The standard InChI is InChI=1S/C17H25NS/c1-3-18-17(15-7-5-4-6-8-15)13-19-16-11-9-14(2)10-12-16/h7,9-12,17-18H,3-6,8,13H2,1-2H3. The number of likely N-dealkylation sites (N-methyl/N-ethyl adjacent to an activating group) is 1. The van der Waals surface area contributed by atoms with E-state index in [0.717, 1.165) is 12.3 Å². The molecule has 0 spiro atoms. The number of benzene rings is 1. The van der Waals surface area contributed by atoms with E-state index in [1.807, 2.05) is 11.8 Å². The van der Waals surface area contributed by atoms with Crippen LogP contribution in [-0.2, 0) is 0 Å². The lowest BCUT2D eigenvalue weighted by atomic mass is 9.95. The number of nitrogens with one attached hydrogen (secondary N) is 1. The van der Waals surface area contributed by atoms with E-state index in [4.69, 9.17) is 0 Å². The third-order valence-electron chi connectivity index (χ3n) is 3.66. The van der Waals surface area contributed by atoms with Gasteiger partial charge in [0.1, 0.15) is 0 Å². The third-order valence-corrected chi connectivity index (χ3v) is 4.77. The molecule has 0 aliphatic heterocycles. The lowest BCUT2D eigenvalue weighted by Gasteiger charge is -2.23. The van der Waals surface area contributed by atoms with E-state index in [1.54, 1.807) is 5.57 Å². The Labute approximate surface area is 121 Å². The van der Waals surface area contributed by atoms with Crippen LogP contribution in [-0.4, -0.2) is 18.3 Å². The maximum absolute atomic E-state index is 3.64. The second kappa shape index (κ2) is 7.76. The van der Waals surface area contributed by atoms with E-state index in [0.29, 0.717) is 6.04 Å². The van der Waals surface area contributed by atoms with E-state index in [1.165, 1.54) is 36.1 Å². The van der Waals surface area contributed by atoms with Gasteiger partial charge in [0.2, 0.25) is 0 Å². The van der Waals surface area contributed by atoms with Crippen molar-refractivity contribution >= 4 is 11.8 Å². The van der Waals surface area contributed by atoms with Crippen LogP contribution in [0.5, 0.6) is 0 Å². The van der Waals surface area contributed by atoms with Crippen LogP contribution >= 0.6 is 11.8 Å². The van der Waals surface area contributed by atoms with Crippen molar-refractivity contribution in [1.29, 1.82) is 0 Å². The van der Waals surface area contributed by atoms with Gasteiger partial charge in [0.15, 0.2) is 0 Å². The SMILES string of the molecule is CCNC(CSc1ccc(C)cc1)C1=CCCCC1. The summed E-state index contributed by atoms with van der Waals surface area (Å²) in [5, 5.41) is 3.64. The monoisotopic (exact) mass is 275 g/mol. The fourth-order valence-corrected chi connectivity index (χ4v) is 3.56. The van der Waals surface area contributed by atoms with Gasteiger partial charge >= 0.3 is 0 Å². The zero-order valence-corrected chi connectivity index (χ0v) is 12.9. The Bertz CT molecular complexity index is 408. The first kappa shape index (κ1) is 14.7. The van der Waals surface area contributed by atoms with Gasteiger partial charge in [-0.1, -0.05) is 36.3 Å². The van der Waals surface area contributed by atoms with Crippen LogP contribution in [0.4, 0.5) is 0 Å². The van der Waals surface area contributed by atoms with Crippen LogP contribution in [0.3, 0.4) is 0 Å². The Morgan fingerprint density at radius 1 is 1.21 bits per heavy atom. The molecule has 1 atom stereocenters. The normalized spacial score (nSPS) is 17.1. The number of thioether (sulfide) groups is 1. The molecular formula is C17H25NS. The van der Waals surface area contributed by atoms with E-state index in [9.17, 15) is 0 Å². The summed E-state index contributed by atoms with van der Waals surface area (Å²) < 4.78 is 0. The van der Waals surface area contributed by atoms with Gasteiger partial charge in [0.25, 0.3) is 0 Å². The molecule has 0 heterocycles. The molecule has 1 N–H and O–H groups in total. The molecule has 1 unspecified atom stereocenters. The van der Waals surface area contributed by atoms with Crippen molar-refractivity contribution in [2.45, 2.75) is 50.5 Å². The minimum absolute atomic E-state index is 0.552. The Hall–Kier alpha value is -0.730. The first-order valence-corrected chi connectivity index (χ1v) is 8.40. The van der Waals surface area contributed by atoms with Crippen LogP contribution in [0.15, 0.2) is 40.8 Å². The first-order chi connectivity index (χ1) is 9.29. The fourth-order valence-electron chi connectivity index (χ4n) is 2.54. The molecule has 0 fully saturated rings. The summed E-state index contributed by atoms with van der Waals surface area (Å²) in [6, 6.07) is 9.42. The summed E-state index contributed by atoms with van der Waals surface area (Å²) >= 11 is 1.97. The van der Waals surface area contributed by atoms with Crippen molar-refractivity contribution in [1.82, 2.24) is 5.32 Å². The molecule has 19 heavy (non-hydrogen) atoms. The molecule has 0 saturated carbocycles. The smallest absolute Gasteiger partial charge is 0.0374 e. The number of hydrogen-bond acceptors (Lipinski definition) is 2. The highest BCUT2D eigenvalue weighted by molar-refractivity contribution is 7.99. The van der Waals surface area contributed by atoms with Gasteiger partial charge in [-0.25, -0.2) is 0 Å². The molecule has 2 heteroatoms. The second-order valence-corrected chi connectivity index (χ2v) is 6.35. The molecule has 0 amide bonds. The zero-order chi connectivity index (χ0) is 13.5. The van der Waals surface area contributed by atoms with Gasteiger partial charge in [-0.2, -0.15) is 0 Å². The van der Waals surface area contributed by atoms with Crippen molar-refractivity contribution in [3.63, 3.8) is 0 Å². The minimum Gasteiger partial charge on any atom is -0.310 e. The average Bonchev–Trinajstić information content (AvgIpc) is 2.46. The Morgan fingerprint density at radius 2 is 2.00 bits per heavy atom. The number of allylic oxidation sites excluding steroid dienone is 1. The molecule has 104 valence electrons. The highest BCUT2D eigenvalue weighted by atomic mass is 32.2. The summed E-state index contributed by atoms with van der Waals surface area (Å²) in [7, 11) is 0. The molecule has 1 aromatic carbocycles. The van der Waals surface area contributed by atoms with Crippen LogP contribution in [0, 0.1) is 6.92 Å². The molecule has 0 radical (unpaired) electrons. The van der Waals surface area contributed by atoms with Crippen LogP contribution in [0.1, 0.15) is 38.2 Å². The van der Waals surface area contributed by atoms with Gasteiger partial charge in [0.05, 0.1) is 0 Å². The Kier molecular flexibility index (Phi) is 5.99. The van der Waals surface area contributed by atoms with Gasteiger partial charge in [-0.3, -0.25) is 0 Å². The molecule has 1 aliphatic rings. The molecule has 0 aromatic heterocycles. The second-order valence-electron chi connectivity index (χ2n) is 5.26. The number of hydrogen-bond donors (Lipinski definition) is 1. The molecule has 1 aliphatic carbocycles. The maximum Gasteiger partial charge on any atom is 0.0374 e. The molecule has 0 bridgehead atoms. The van der Waals surface area contributed by atoms with Crippen molar-refractivity contribution in [3.8, 4) is 0 Å². The van der Waals surface area contributed by atoms with Gasteiger partial charge in [0, 0.05) is 16.7 Å². The van der Waals surface area contributed by atoms with Crippen molar-refractivity contribution in [2.24, 2.45) is 0 Å². The lowest BCUT2D eigenvalue weighted by Crippen LogP contribution is -2.33. The molecular weight excluding hydrogens is 250 g/mol. The number of aryl methyl sites for hydroxylation is 1. The van der Waals surface area contributed by atoms with Crippen molar-refractivity contribution in [2.75, 3.05) is 12.3 Å². The molecule has 1 aromatic rings. The van der Waals surface area contributed by atoms with Crippen LogP contribution in [0.25, 0.3) is 0 Å². The summed E-state index contributed by atoms with van der Waals surface area (Å²) in [5.74, 6) is 1.14. The van der Waals surface area contributed by atoms with Gasteiger partial charge in [-0.05, 0) is 51.3 Å². The molecule has 2 rings (SSSR count).